The van der Waals surface area contributed by atoms with Gasteiger partial charge in [-0.15, -0.1) is 0 Å². The van der Waals surface area contributed by atoms with Crippen LogP contribution in [-0.2, 0) is 11.2 Å². The normalized spacial score (nSPS) is 21.4. The van der Waals surface area contributed by atoms with Crippen molar-refractivity contribution in [3.05, 3.63) is 111 Å². The van der Waals surface area contributed by atoms with Gasteiger partial charge in [0.05, 0.1) is 16.5 Å². The molecule has 0 radical (unpaired) electrons. The van der Waals surface area contributed by atoms with Crippen LogP contribution < -0.4 is 10.4 Å². The van der Waals surface area contributed by atoms with Gasteiger partial charge in [-0.1, -0.05) is 48.5 Å². The van der Waals surface area contributed by atoms with Crippen molar-refractivity contribution in [1.82, 2.24) is 4.90 Å². The van der Waals surface area contributed by atoms with Crippen LogP contribution in [0.1, 0.15) is 62.8 Å². The number of hydrogen-bond donors (Lipinski definition) is 0. The third-order valence-corrected chi connectivity index (χ3v) is 7.55. The molecule has 7 nitrogen and oxygen atoms in total. The number of fused-ring (bicyclic) bond motifs is 9. The molecule has 3 aliphatic rings. The molecular weight excluding hydrogens is 470 g/mol. The van der Waals surface area contributed by atoms with Gasteiger partial charge >= 0.3 is 5.63 Å². The van der Waals surface area contributed by atoms with Gasteiger partial charge in [0.2, 0.25) is 5.79 Å². The molecule has 2 atom stereocenters. The molecule has 0 saturated carbocycles. The molecule has 3 aliphatic heterocycles. The quantitative estimate of drug-likeness (QED) is 0.221. The minimum atomic E-state index is -0.968. The number of carbonyl (C=O) groups is 2. The second-order valence-corrected chi connectivity index (χ2v) is 9.78. The van der Waals surface area contributed by atoms with Gasteiger partial charge in [0.25, 0.3) is 11.8 Å². The summed E-state index contributed by atoms with van der Waals surface area (Å²) in [5.74, 6) is -0.951. The van der Waals surface area contributed by atoms with Crippen LogP contribution in [0.5, 0.6) is 5.75 Å². The number of rotatable bonds is 5. The molecule has 0 N–H and O–H groups in total. The minimum absolute atomic E-state index is 0.247. The highest BCUT2D eigenvalue weighted by Gasteiger charge is 2.49. The average molecular weight is 494 g/mol. The zero-order valence-electron chi connectivity index (χ0n) is 19.9. The van der Waals surface area contributed by atoms with Gasteiger partial charge in [-0.3, -0.25) is 14.5 Å². The van der Waals surface area contributed by atoms with Gasteiger partial charge in [-0.05, 0) is 48.2 Å². The predicted molar refractivity (Wildman–Crippen MR) is 135 cm³/mol. The summed E-state index contributed by atoms with van der Waals surface area (Å²) in [5.41, 5.74) is 3.31. The predicted octanol–water partition coefficient (Wildman–Crippen LogP) is 5.01. The van der Waals surface area contributed by atoms with E-state index >= 15 is 0 Å². The van der Waals surface area contributed by atoms with E-state index in [4.69, 9.17) is 13.9 Å². The minimum Gasteiger partial charge on any atom is -0.461 e. The number of para-hydroxylation sites is 1. The lowest BCUT2D eigenvalue weighted by atomic mass is 9.85. The van der Waals surface area contributed by atoms with E-state index in [1.54, 1.807) is 30.3 Å². The van der Waals surface area contributed by atoms with Crippen molar-refractivity contribution >= 4 is 22.8 Å². The molecule has 7 rings (SSSR count). The SMILES string of the molecule is O=C1c2ccccc2C(=O)N1CCCC[C@]12Cc3ccccc3[C@H](O1)c1c(c3ccccc3oc1=O)O2. The summed E-state index contributed by atoms with van der Waals surface area (Å²) in [5, 5.41) is 0.736. The van der Waals surface area contributed by atoms with Gasteiger partial charge in [-0.2, -0.15) is 0 Å². The topological polar surface area (TPSA) is 86.0 Å². The lowest BCUT2D eigenvalue weighted by Crippen LogP contribution is -2.50. The molecule has 184 valence electrons. The van der Waals surface area contributed by atoms with Gasteiger partial charge in [0.1, 0.15) is 23.0 Å². The van der Waals surface area contributed by atoms with Crippen molar-refractivity contribution in [2.45, 2.75) is 37.6 Å². The highest BCUT2D eigenvalue weighted by atomic mass is 16.7. The van der Waals surface area contributed by atoms with Crippen LogP contribution in [-0.4, -0.2) is 29.0 Å². The number of imide groups is 1. The maximum absolute atomic E-state index is 13.1. The molecule has 7 heteroatoms. The molecule has 0 aliphatic carbocycles. The van der Waals surface area contributed by atoms with Crippen LogP contribution in [0.25, 0.3) is 11.0 Å². The summed E-state index contributed by atoms with van der Waals surface area (Å²) < 4.78 is 18.7. The summed E-state index contributed by atoms with van der Waals surface area (Å²) in [6.45, 7) is 0.325. The average Bonchev–Trinajstić information content (AvgIpc) is 3.16. The Bertz CT molecular complexity index is 1620. The standard InChI is InChI=1S/C30H23NO6/c32-27-20-11-3-4-12-21(20)28(33)31(27)16-8-7-15-30-17-18-9-1-2-10-19(18)25(36-30)24-26(37-30)22-13-5-6-14-23(22)35-29(24)34/h1-6,9-14,25H,7-8,15-17H2/t25-,30-/m0/s1. The Balaban J connectivity index is 1.18. The van der Waals surface area contributed by atoms with Crippen LogP contribution in [0.15, 0.2) is 82.0 Å². The van der Waals surface area contributed by atoms with Gasteiger partial charge in [0.15, 0.2) is 0 Å². The largest absolute Gasteiger partial charge is 0.461 e. The van der Waals surface area contributed by atoms with E-state index in [1.807, 2.05) is 42.5 Å². The van der Waals surface area contributed by atoms with Crippen LogP contribution in [0, 0.1) is 0 Å². The van der Waals surface area contributed by atoms with Crippen LogP contribution in [0.3, 0.4) is 0 Å². The van der Waals surface area contributed by atoms with Crippen molar-refractivity contribution in [3.63, 3.8) is 0 Å². The number of benzene rings is 3. The first kappa shape index (κ1) is 22.0. The third-order valence-electron chi connectivity index (χ3n) is 7.55. The Morgan fingerprint density at radius 1 is 0.838 bits per heavy atom. The zero-order chi connectivity index (χ0) is 25.1. The maximum atomic E-state index is 13.1. The second-order valence-electron chi connectivity index (χ2n) is 9.78. The van der Waals surface area contributed by atoms with Gasteiger partial charge in [-0.25, -0.2) is 4.79 Å². The summed E-state index contributed by atoms with van der Waals surface area (Å²) in [6.07, 6.45) is 1.74. The van der Waals surface area contributed by atoms with E-state index in [2.05, 4.69) is 0 Å². The Morgan fingerprint density at radius 3 is 2.35 bits per heavy atom. The highest BCUT2D eigenvalue weighted by molar-refractivity contribution is 6.21. The van der Waals surface area contributed by atoms with Crippen molar-refractivity contribution in [2.75, 3.05) is 6.54 Å². The van der Waals surface area contributed by atoms with Gasteiger partial charge in [0, 0.05) is 19.4 Å². The number of hydrogen-bond acceptors (Lipinski definition) is 6. The van der Waals surface area contributed by atoms with Crippen molar-refractivity contribution in [2.24, 2.45) is 0 Å². The number of carbonyl (C=O) groups excluding carboxylic acids is 2. The van der Waals surface area contributed by atoms with Gasteiger partial charge < -0.3 is 13.9 Å². The Morgan fingerprint density at radius 2 is 1.54 bits per heavy atom. The maximum Gasteiger partial charge on any atom is 0.346 e. The number of amides is 2. The molecule has 4 aromatic rings. The molecule has 0 saturated heterocycles. The molecule has 0 spiro atoms. The smallest absolute Gasteiger partial charge is 0.346 e. The summed E-state index contributed by atoms with van der Waals surface area (Å²) in [7, 11) is 0. The van der Waals surface area contributed by atoms with Crippen molar-refractivity contribution in [3.8, 4) is 5.75 Å². The lowest BCUT2D eigenvalue weighted by molar-refractivity contribution is -0.232. The van der Waals surface area contributed by atoms with Crippen LogP contribution in [0.4, 0.5) is 0 Å². The zero-order valence-corrected chi connectivity index (χ0v) is 19.9. The first-order valence-electron chi connectivity index (χ1n) is 12.5. The molecule has 4 heterocycles. The molecule has 3 aromatic carbocycles. The van der Waals surface area contributed by atoms with Crippen molar-refractivity contribution in [1.29, 1.82) is 0 Å². The fraction of sp³-hybridized carbons (Fsp3) is 0.233. The summed E-state index contributed by atoms with van der Waals surface area (Å²) in [6, 6.07) is 22.2. The second kappa shape index (κ2) is 8.15. The van der Waals surface area contributed by atoms with E-state index in [1.165, 1.54) is 4.90 Å². The third kappa shape index (κ3) is 3.34. The van der Waals surface area contributed by atoms with Crippen LogP contribution in [0.2, 0.25) is 0 Å². The molecule has 2 bridgehead atoms. The molecule has 0 fully saturated rings. The van der Waals surface area contributed by atoms with E-state index in [0.29, 0.717) is 60.3 Å². The van der Waals surface area contributed by atoms with E-state index in [-0.39, 0.29) is 11.8 Å². The molecule has 1 aromatic heterocycles. The summed E-state index contributed by atoms with van der Waals surface area (Å²) in [4.78, 5) is 39.8. The first-order chi connectivity index (χ1) is 18.0. The van der Waals surface area contributed by atoms with Crippen LogP contribution >= 0.6 is 0 Å². The summed E-state index contributed by atoms with van der Waals surface area (Å²) >= 11 is 0. The lowest BCUT2D eigenvalue weighted by Gasteiger charge is -2.46. The highest BCUT2D eigenvalue weighted by Crippen LogP contribution is 2.50. The monoisotopic (exact) mass is 493 g/mol. The Kier molecular flexibility index (Phi) is 4.84. The molecular formula is C30H23NO6. The number of ether oxygens (including phenoxy) is 2. The van der Waals surface area contributed by atoms with E-state index in [0.717, 1.165) is 16.5 Å². The fourth-order valence-electron chi connectivity index (χ4n) is 5.80. The first-order valence-corrected chi connectivity index (χ1v) is 12.5. The van der Waals surface area contributed by atoms with E-state index < -0.39 is 17.5 Å². The number of unbranched alkanes of at least 4 members (excludes halogenated alkanes) is 1. The van der Waals surface area contributed by atoms with E-state index in [9.17, 15) is 14.4 Å². The molecule has 0 unspecified atom stereocenters. The van der Waals surface area contributed by atoms with Crippen molar-refractivity contribution < 1.29 is 23.5 Å². The number of nitrogens with zero attached hydrogens (tertiary/aromatic N) is 1. The molecule has 2 amide bonds. The Labute approximate surface area is 212 Å². The Hall–Kier alpha value is -4.23. The fourth-order valence-corrected chi connectivity index (χ4v) is 5.80. The molecule has 37 heavy (non-hydrogen) atoms.